The number of hydrogen-bond acceptors (Lipinski definition) is 3. The minimum absolute atomic E-state index is 0.191. The van der Waals surface area contributed by atoms with Crippen molar-refractivity contribution in [3.8, 4) is 0 Å². The maximum Gasteiger partial charge on any atom is 0.392 e. The van der Waals surface area contributed by atoms with Crippen LogP contribution in [0.4, 0.5) is 13.2 Å². The fourth-order valence-electron chi connectivity index (χ4n) is 2.93. The summed E-state index contributed by atoms with van der Waals surface area (Å²) in [5, 5.41) is 3.17. The van der Waals surface area contributed by atoms with Gasteiger partial charge in [0.15, 0.2) is 6.39 Å². The van der Waals surface area contributed by atoms with E-state index >= 15 is 0 Å². The van der Waals surface area contributed by atoms with Crippen molar-refractivity contribution in [2.24, 2.45) is 5.92 Å². The zero-order valence-electron chi connectivity index (χ0n) is 11.7. The monoisotopic (exact) mass is 290 g/mol. The fraction of sp³-hybridized carbons (Fsp3) is 0.786. The van der Waals surface area contributed by atoms with Crippen molar-refractivity contribution >= 4 is 0 Å². The molecule has 1 aliphatic carbocycles. The molecule has 1 N–H and O–H groups in total. The van der Waals surface area contributed by atoms with Crippen LogP contribution < -0.4 is 5.32 Å². The predicted molar refractivity (Wildman–Crippen MR) is 69.3 cm³/mol. The normalized spacial score (nSPS) is 24.0. The number of hydrogen-bond donors (Lipinski definition) is 1. The Morgan fingerprint density at radius 2 is 2.10 bits per heavy atom. The number of oxazole rings is 1. The predicted octanol–water partition coefficient (Wildman–Crippen LogP) is 4.01. The molecule has 0 amide bonds. The van der Waals surface area contributed by atoms with Gasteiger partial charge in [0, 0.05) is 12.5 Å². The average Bonchev–Trinajstić information content (AvgIpc) is 2.86. The van der Waals surface area contributed by atoms with E-state index in [1.165, 1.54) is 6.39 Å². The first-order chi connectivity index (χ1) is 9.54. The molecule has 1 aromatic heterocycles. The second-order valence-corrected chi connectivity index (χ2v) is 5.38. The molecule has 6 heteroatoms. The molecule has 2 unspecified atom stereocenters. The van der Waals surface area contributed by atoms with Crippen LogP contribution in [0.3, 0.4) is 0 Å². The van der Waals surface area contributed by atoms with Crippen LogP contribution in [0.2, 0.25) is 0 Å². The van der Waals surface area contributed by atoms with Gasteiger partial charge in [-0.3, -0.25) is 0 Å². The molecule has 0 bridgehead atoms. The highest BCUT2D eigenvalue weighted by Crippen LogP contribution is 2.47. The SMILES string of the molecule is CCCNCc1ncoc1C1CCCCC1C(F)(F)F. The zero-order valence-corrected chi connectivity index (χ0v) is 11.7. The van der Waals surface area contributed by atoms with Crippen LogP contribution in [0.25, 0.3) is 0 Å². The van der Waals surface area contributed by atoms with Gasteiger partial charge in [-0.25, -0.2) is 4.98 Å². The Morgan fingerprint density at radius 3 is 2.80 bits per heavy atom. The number of halogens is 3. The van der Waals surface area contributed by atoms with Crippen LogP contribution >= 0.6 is 0 Å². The standard InChI is InChI=1S/C14H21F3N2O/c1-2-7-18-8-12-13(20-9-19-12)10-5-3-4-6-11(10)14(15,16)17/h9-11,18H,2-8H2,1H3. The summed E-state index contributed by atoms with van der Waals surface area (Å²) in [5.74, 6) is -1.45. The maximum atomic E-state index is 13.1. The summed E-state index contributed by atoms with van der Waals surface area (Å²) in [5.41, 5.74) is 0.625. The molecule has 1 heterocycles. The largest absolute Gasteiger partial charge is 0.448 e. The molecule has 1 aliphatic rings. The van der Waals surface area contributed by atoms with E-state index in [2.05, 4.69) is 10.3 Å². The second-order valence-electron chi connectivity index (χ2n) is 5.38. The Labute approximate surface area is 117 Å². The Kier molecular flexibility index (Phi) is 5.07. The van der Waals surface area contributed by atoms with Gasteiger partial charge in [0.1, 0.15) is 5.76 Å². The van der Waals surface area contributed by atoms with E-state index in [-0.39, 0.29) is 6.42 Å². The highest BCUT2D eigenvalue weighted by Gasteiger charge is 2.47. The second kappa shape index (κ2) is 6.61. The van der Waals surface area contributed by atoms with E-state index in [1.54, 1.807) is 0 Å². The third-order valence-corrected chi connectivity index (χ3v) is 3.92. The van der Waals surface area contributed by atoms with Gasteiger partial charge in [0.05, 0.1) is 11.6 Å². The molecule has 0 saturated heterocycles. The first-order valence-electron chi connectivity index (χ1n) is 7.23. The molecule has 0 spiro atoms. The van der Waals surface area contributed by atoms with E-state index in [0.29, 0.717) is 30.8 Å². The van der Waals surface area contributed by atoms with Gasteiger partial charge in [0.2, 0.25) is 0 Å². The van der Waals surface area contributed by atoms with Crippen molar-refractivity contribution in [1.82, 2.24) is 10.3 Å². The fourth-order valence-corrected chi connectivity index (χ4v) is 2.93. The zero-order chi connectivity index (χ0) is 14.6. The topological polar surface area (TPSA) is 38.1 Å². The van der Waals surface area contributed by atoms with Crippen molar-refractivity contribution in [2.75, 3.05) is 6.54 Å². The van der Waals surface area contributed by atoms with Crippen LogP contribution in [0, 0.1) is 5.92 Å². The van der Waals surface area contributed by atoms with Crippen molar-refractivity contribution in [3.05, 3.63) is 17.8 Å². The number of nitrogens with one attached hydrogen (secondary N) is 1. The summed E-state index contributed by atoms with van der Waals surface area (Å²) in [4.78, 5) is 4.08. The van der Waals surface area contributed by atoms with E-state index in [4.69, 9.17) is 4.42 Å². The van der Waals surface area contributed by atoms with Crippen molar-refractivity contribution < 1.29 is 17.6 Å². The molecular weight excluding hydrogens is 269 g/mol. The third-order valence-electron chi connectivity index (χ3n) is 3.92. The number of nitrogens with zero attached hydrogens (tertiary/aromatic N) is 1. The lowest BCUT2D eigenvalue weighted by molar-refractivity contribution is -0.188. The molecule has 1 aromatic rings. The lowest BCUT2D eigenvalue weighted by Gasteiger charge is -2.32. The molecule has 0 aromatic carbocycles. The average molecular weight is 290 g/mol. The lowest BCUT2D eigenvalue weighted by atomic mass is 9.77. The highest BCUT2D eigenvalue weighted by atomic mass is 19.4. The quantitative estimate of drug-likeness (QED) is 0.833. The van der Waals surface area contributed by atoms with Crippen molar-refractivity contribution in [1.29, 1.82) is 0 Å². The van der Waals surface area contributed by atoms with E-state index in [1.807, 2.05) is 6.92 Å². The Bertz CT molecular complexity index is 417. The minimum atomic E-state index is -4.16. The van der Waals surface area contributed by atoms with E-state index in [0.717, 1.165) is 19.4 Å². The Hall–Kier alpha value is -1.04. The van der Waals surface area contributed by atoms with E-state index in [9.17, 15) is 13.2 Å². The molecule has 20 heavy (non-hydrogen) atoms. The molecular formula is C14H21F3N2O. The van der Waals surface area contributed by atoms with Crippen LogP contribution in [0.5, 0.6) is 0 Å². The molecule has 114 valence electrons. The van der Waals surface area contributed by atoms with Crippen molar-refractivity contribution in [2.45, 2.75) is 57.7 Å². The van der Waals surface area contributed by atoms with Crippen LogP contribution in [0.15, 0.2) is 10.8 Å². The van der Waals surface area contributed by atoms with Crippen LogP contribution in [-0.2, 0) is 6.54 Å². The summed E-state index contributed by atoms with van der Waals surface area (Å²) in [7, 11) is 0. The third kappa shape index (κ3) is 3.53. The maximum absolute atomic E-state index is 13.1. The molecule has 2 rings (SSSR count). The summed E-state index contributed by atoms with van der Waals surface area (Å²) in [6, 6.07) is 0. The van der Waals surface area contributed by atoms with Gasteiger partial charge < -0.3 is 9.73 Å². The Balaban J connectivity index is 2.14. The van der Waals surface area contributed by atoms with Crippen molar-refractivity contribution in [3.63, 3.8) is 0 Å². The van der Waals surface area contributed by atoms with Gasteiger partial charge in [-0.1, -0.05) is 19.8 Å². The van der Waals surface area contributed by atoms with E-state index < -0.39 is 18.0 Å². The van der Waals surface area contributed by atoms with Gasteiger partial charge in [-0.2, -0.15) is 13.2 Å². The lowest BCUT2D eigenvalue weighted by Crippen LogP contribution is -2.32. The minimum Gasteiger partial charge on any atom is -0.448 e. The summed E-state index contributed by atoms with van der Waals surface area (Å²) < 4.78 is 44.7. The van der Waals surface area contributed by atoms with Gasteiger partial charge in [-0.05, 0) is 25.8 Å². The van der Waals surface area contributed by atoms with Gasteiger partial charge in [-0.15, -0.1) is 0 Å². The van der Waals surface area contributed by atoms with Gasteiger partial charge >= 0.3 is 6.18 Å². The number of aromatic nitrogens is 1. The van der Waals surface area contributed by atoms with Gasteiger partial charge in [0.25, 0.3) is 0 Å². The molecule has 1 saturated carbocycles. The van der Waals surface area contributed by atoms with Crippen LogP contribution in [0.1, 0.15) is 56.4 Å². The molecule has 1 fully saturated rings. The smallest absolute Gasteiger partial charge is 0.392 e. The summed E-state index contributed by atoms with van der Waals surface area (Å²) in [6.07, 6.45) is 0.253. The number of alkyl halides is 3. The number of rotatable bonds is 5. The molecule has 0 radical (unpaired) electrons. The molecule has 2 atom stereocenters. The Morgan fingerprint density at radius 1 is 1.35 bits per heavy atom. The molecule has 3 nitrogen and oxygen atoms in total. The summed E-state index contributed by atoms with van der Waals surface area (Å²) >= 11 is 0. The first-order valence-corrected chi connectivity index (χ1v) is 7.23. The molecule has 0 aliphatic heterocycles. The highest BCUT2D eigenvalue weighted by molar-refractivity contribution is 5.15. The van der Waals surface area contributed by atoms with Crippen LogP contribution in [-0.4, -0.2) is 17.7 Å². The first kappa shape index (κ1) is 15.4. The summed E-state index contributed by atoms with van der Waals surface area (Å²) in [6.45, 7) is 3.33.